The average molecular weight is 535 g/mol. The molecule has 0 unspecified atom stereocenters. The summed E-state index contributed by atoms with van der Waals surface area (Å²) in [6, 6.07) is 23.6. The Morgan fingerprint density at radius 2 is 1.21 bits per heavy atom. The first kappa shape index (κ1) is 20.5. The first-order chi connectivity index (χ1) is 14.0. The highest BCUT2D eigenvalue weighted by molar-refractivity contribution is 9.10. The summed E-state index contributed by atoms with van der Waals surface area (Å²) in [6.07, 6.45) is 0. The SMILES string of the molecule is O=C(c1ccc(Cl)cc1)C1CN(c2ccc(Br)cc2)CN(c2ccc(Br)cc2)C1. The van der Waals surface area contributed by atoms with E-state index in [4.69, 9.17) is 11.6 Å². The zero-order valence-corrected chi connectivity index (χ0v) is 19.5. The van der Waals surface area contributed by atoms with Gasteiger partial charge in [0.2, 0.25) is 0 Å². The zero-order valence-electron chi connectivity index (χ0n) is 15.6. The van der Waals surface area contributed by atoms with Crippen molar-refractivity contribution in [1.29, 1.82) is 0 Å². The van der Waals surface area contributed by atoms with Crippen LogP contribution in [-0.4, -0.2) is 25.5 Å². The van der Waals surface area contributed by atoms with Gasteiger partial charge in [0, 0.05) is 44.0 Å². The first-order valence-corrected chi connectivity index (χ1v) is 11.3. The van der Waals surface area contributed by atoms with E-state index in [1.807, 2.05) is 36.4 Å². The molecule has 29 heavy (non-hydrogen) atoms. The highest BCUT2D eigenvalue weighted by Gasteiger charge is 2.31. The number of carbonyl (C=O) groups is 1. The number of benzene rings is 3. The van der Waals surface area contributed by atoms with Gasteiger partial charge in [0.15, 0.2) is 5.78 Å². The molecule has 0 N–H and O–H groups in total. The van der Waals surface area contributed by atoms with Crippen molar-refractivity contribution in [3.05, 3.63) is 92.3 Å². The maximum atomic E-state index is 13.3. The molecule has 1 heterocycles. The molecule has 0 aromatic heterocycles. The fourth-order valence-electron chi connectivity index (χ4n) is 3.60. The topological polar surface area (TPSA) is 23.6 Å². The fraction of sp³-hybridized carbons (Fsp3) is 0.174. The summed E-state index contributed by atoms with van der Waals surface area (Å²) < 4.78 is 2.08. The van der Waals surface area contributed by atoms with Crippen molar-refractivity contribution in [1.82, 2.24) is 0 Å². The zero-order chi connectivity index (χ0) is 20.4. The molecular formula is C23H19Br2ClN2O. The van der Waals surface area contributed by atoms with Gasteiger partial charge in [-0.25, -0.2) is 0 Å². The lowest BCUT2D eigenvalue weighted by Crippen LogP contribution is -2.52. The Balaban J connectivity index is 1.64. The predicted molar refractivity (Wildman–Crippen MR) is 127 cm³/mol. The minimum atomic E-state index is -0.141. The monoisotopic (exact) mass is 532 g/mol. The summed E-state index contributed by atoms with van der Waals surface area (Å²) in [4.78, 5) is 17.8. The third-order valence-corrected chi connectivity index (χ3v) is 6.42. The fourth-order valence-corrected chi connectivity index (χ4v) is 4.26. The lowest BCUT2D eigenvalue weighted by molar-refractivity contribution is 0.0919. The van der Waals surface area contributed by atoms with E-state index in [1.54, 1.807) is 12.1 Å². The summed E-state index contributed by atoms with van der Waals surface area (Å²) in [5.41, 5.74) is 2.90. The molecular weight excluding hydrogens is 516 g/mol. The Kier molecular flexibility index (Phi) is 6.28. The minimum Gasteiger partial charge on any atom is -0.353 e. The molecule has 1 fully saturated rings. The van der Waals surface area contributed by atoms with Gasteiger partial charge in [0.1, 0.15) is 0 Å². The quantitative estimate of drug-likeness (QED) is 0.350. The molecule has 148 valence electrons. The lowest BCUT2D eigenvalue weighted by Gasteiger charge is -2.42. The van der Waals surface area contributed by atoms with Gasteiger partial charge in [0.05, 0.1) is 12.6 Å². The molecule has 0 saturated carbocycles. The van der Waals surface area contributed by atoms with Crippen molar-refractivity contribution in [3.8, 4) is 0 Å². The van der Waals surface area contributed by atoms with Crippen molar-refractivity contribution in [2.45, 2.75) is 0 Å². The second-order valence-electron chi connectivity index (χ2n) is 7.11. The third-order valence-electron chi connectivity index (χ3n) is 5.11. The molecule has 1 aliphatic heterocycles. The number of ketones is 1. The Hall–Kier alpha value is -1.82. The molecule has 0 amide bonds. The summed E-state index contributed by atoms with van der Waals surface area (Å²) in [5, 5.41) is 0.637. The number of rotatable bonds is 4. The largest absolute Gasteiger partial charge is 0.353 e. The van der Waals surface area contributed by atoms with Gasteiger partial charge in [-0.05, 0) is 72.8 Å². The number of nitrogens with zero attached hydrogens (tertiary/aromatic N) is 2. The van der Waals surface area contributed by atoms with Crippen molar-refractivity contribution in [3.63, 3.8) is 0 Å². The maximum absolute atomic E-state index is 13.3. The molecule has 0 bridgehead atoms. The van der Waals surface area contributed by atoms with E-state index in [1.165, 1.54) is 0 Å². The highest BCUT2D eigenvalue weighted by Crippen LogP contribution is 2.29. The van der Waals surface area contributed by atoms with E-state index < -0.39 is 0 Å². The third kappa shape index (κ3) is 4.85. The smallest absolute Gasteiger partial charge is 0.169 e. The second-order valence-corrected chi connectivity index (χ2v) is 9.37. The molecule has 1 saturated heterocycles. The lowest BCUT2D eigenvalue weighted by atomic mass is 9.94. The van der Waals surface area contributed by atoms with Crippen LogP contribution in [0.5, 0.6) is 0 Å². The van der Waals surface area contributed by atoms with Crippen LogP contribution in [0.2, 0.25) is 5.02 Å². The Morgan fingerprint density at radius 1 is 0.759 bits per heavy atom. The van der Waals surface area contributed by atoms with E-state index in [2.05, 4.69) is 65.9 Å². The number of anilines is 2. The van der Waals surface area contributed by atoms with E-state index in [9.17, 15) is 4.79 Å². The molecule has 3 nitrogen and oxygen atoms in total. The van der Waals surface area contributed by atoms with Crippen LogP contribution in [-0.2, 0) is 0 Å². The highest BCUT2D eigenvalue weighted by atomic mass is 79.9. The van der Waals surface area contributed by atoms with E-state index in [0.717, 1.165) is 27.0 Å². The van der Waals surface area contributed by atoms with Crippen LogP contribution in [0.1, 0.15) is 10.4 Å². The van der Waals surface area contributed by atoms with Gasteiger partial charge in [0.25, 0.3) is 0 Å². The predicted octanol–water partition coefficient (Wildman–Crippen LogP) is 6.65. The van der Waals surface area contributed by atoms with E-state index in [0.29, 0.717) is 23.7 Å². The Labute approximate surface area is 192 Å². The minimum absolute atomic E-state index is 0.141. The standard InChI is InChI=1S/C23H19Br2ClN2O/c24-18-3-9-21(10-4-18)27-13-17(23(29)16-1-7-20(26)8-2-16)14-28(15-27)22-11-5-19(25)6-12-22/h1-12,17H,13-15H2. The summed E-state index contributed by atoms with van der Waals surface area (Å²) in [6.45, 7) is 2.08. The first-order valence-electron chi connectivity index (χ1n) is 9.30. The molecule has 0 radical (unpaired) electrons. The van der Waals surface area contributed by atoms with Gasteiger partial charge in [-0.3, -0.25) is 4.79 Å². The number of hydrogen-bond donors (Lipinski definition) is 0. The van der Waals surface area contributed by atoms with Crippen LogP contribution in [0.4, 0.5) is 11.4 Å². The van der Waals surface area contributed by atoms with Crippen LogP contribution in [0.3, 0.4) is 0 Å². The molecule has 0 atom stereocenters. The Bertz CT molecular complexity index is 937. The molecule has 1 aliphatic rings. The Morgan fingerprint density at radius 3 is 1.66 bits per heavy atom. The molecule has 3 aromatic carbocycles. The van der Waals surface area contributed by atoms with Crippen molar-refractivity contribution in [2.75, 3.05) is 29.6 Å². The average Bonchev–Trinajstić information content (AvgIpc) is 2.74. The number of halogens is 3. The van der Waals surface area contributed by atoms with Gasteiger partial charge in [-0.2, -0.15) is 0 Å². The number of carbonyl (C=O) groups excluding carboxylic acids is 1. The van der Waals surface area contributed by atoms with Crippen molar-refractivity contribution >= 4 is 60.6 Å². The van der Waals surface area contributed by atoms with Crippen molar-refractivity contribution in [2.24, 2.45) is 5.92 Å². The normalized spacial score (nSPS) is 14.9. The van der Waals surface area contributed by atoms with Gasteiger partial charge in [-0.1, -0.05) is 43.5 Å². The summed E-state index contributed by atoms with van der Waals surface area (Å²) >= 11 is 13.0. The molecule has 0 aliphatic carbocycles. The van der Waals surface area contributed by atoms with Crippen molar-refractivity contribution < 1.29 is 4.79 Å². The molecule has 6 heteroatoms. The number of hydrogen-bond acceptors (Lipinski definition) is 3. The maximum Gasteiger partial charge on any atom is 0.169 e. The van der Waals surface area contributed by atoms with Crippen LogP contribution >= 0.6 is 43.5 Å². The molecule has 0 spiro atoms. The summed E-state index contributed by atoms with van der Waals surface area (Å²) in [5.74, 6) is 0.00260. The summed E-state index contributed by atoms with van der Waals surface area (Å²) in [7, 11) is 0. The van der Waals surface area contributed by atoms with Gasteiger partial charge >= 0.3 is 0 Å². The van der Waals surface area contributed by atoms with Gasteiger partial charge in [-0.15, -0.1) is 0 Å². The van der Waals surface area contributed by atoms with Crippen LogP contribution in [0.15, 0.2) is 81.7 Å². The second kappa shape index (κ2) is 8.90. The molecule has 3 aromatic rings. The van der Waals surface area contributed by atoms with Gasteiger partial charge < -0.3 is 9.80 Å². The van der Waals surface area contributed by atoms with E-state index in [-0.39, 0.29) is 11.7 Å². The van der Waals surface area contributed by atoms with Crippen LogP contribution in [0, 0.1) is 5.92 Å². The van der Waals surface area contributed by atoms with E-state index >= 15 is 0 Å². The number of Topliss-reactive ketones (excluding diaryl/α,β-unsaturated/α-hetero) is 1. The van der Waals surface area contributed by atoms with Crippen LogP contribution in [0.25, 0.3) is 0 Å². The molecule has 4 rings (SSSR count). The van der Waals surface area contributed by atoms with Crippen LogP contribution < -0.4 is 9.80 Å².